The Morgan fingerprint density at radius 2 is 1.85 bits per heavy atom. The van der Waals surface area contributed by atoms with Crippen LogP contribution in [0.25, 0.3) is 0 Å². The average molecular weight is 465 g/mol. The Morgan fingerprint density at radius 3 is 2.53 bits per heavy atom. The maximum Gasteiger partial charge on any atom is 0.339 e. The van der Waals surface area contributed by atoms with Gasteiger partial charge in [-0.15, -0.1) is 0 Å². The summed E-state index contributed by atoms with van der Waals surface area (Å²) in [5.41, 5.74) is 1.53. The van der Waals surface area contributed by atoms with E-state index >= 15 is 0 Å². The van der Waals surface area contributed by atoms with Gasteiger partial charge in [0, 0.05) is 6.20 Å². The quantitative estimate of drug-likeness (QED) is 0.427. The summed E-state index contributed by atoms with van der Waals surface area (Å²) in [6, 6.07) is 15.7. The Kier molecular flexibility index (Phi) is 8.45. The molecule has 0 radical (unpaired) electrons. The van der Waals surface area contributed by atoms with Gasteiger partial charge in [-0.05, 0) is 68.8 Å². The third-order valence-corrected chi connectivity index (χ3v) is 4.61. The third kappa shape index (κ3) is 6.71. The Hall–Kier alpha value is -4.07. The lowest BCUT2D eigenvalue weighted by Crippen LogP contribution is -2.17. The van der Waals surface area contributed by atoms with Crippen molar-refractivity contribution in [2.24, 2.45) is 0 Å². The predicted octanol–water partition coefficient (Wildman–Crippen LogP) is 4.89. The minimum Gasteiger partial charge on any atom is -0.497 e. The lowest BCUT2D eigenvalue weighted by molar-refractivity contribution is 0.0526. The lowest BCUT2D eigenvalue weighted by Gasteiger charge is -2.16. The summed E-state index contributed by atoms with van der Waals surface area (Å²) in [5, 5.41) is 2.73. The van der Waals surface area contributed by atoms with Crippen LogP contribution in [0.4, 0.5) is 5.82 Å². The molecular weight excluding hydrogens is 436 g/mol. The van der Waals surface area contributed by atoms with Gasteiger partial charge in [0.1, 0.15) is 29.7 Å². The third-order valence-electron chi connectivity index (χ3n) is 4.61. The molecule has 0 unspecified atom stereocenters. The first-order chi connectivity index (χ1) is 16.4. The highest BCUT2D eigenvalue weighted by molar-refractivity contribution is 6.06. The molecule has 178 valence electrons. The van der Waals surface area contributed by atoms with Crippen molar-refractivity contribution in [3.8, 4) is 17.2 Å². The molecule has 3 aromatic rings. The van der Waals surface area contributed by atoms with Crippen molar-refractivity contribution in [1.29, 1.82) is 0 Å². The van der Waals surface area contributed by atoms with Crippen LogP contribution >= 0.6 is 0 Å². The number of methoxy groups -OCH3 is 1. The molecule has 0 saturated carbocycles. The van der Waals surface area contributed by atoms with E-state index < -0.39 is 11.9 Å². The normalized spacial score (nSPS) is 10.5. The SMILES string of the molecule is CCOC(=O)c1ccc(NC(=O)c2cc(OCc3cccc(OC)c3)ccc2OC(C)C)nc1. The summed E-state index contributed by atoms with van der Waals surface area (Å²) in [5.74, 6) is 1.07. The molecule has 0 aliphatic heterocycles. The van der Waals surface area contributed by atoms with Crippen molar-refractivity contribution >= 4 is 17.7 Å². The van der Waals surface area contributed by atoms with Gasteiger partial charge in [0.15, 0.2) is 0 Å². The summed E-state index contributed by atoms with van der Waals surface area (Å²) in [4.78, 5) is 29.0. The van der Waals surface area contributed by atoms with E-state index in [1.807, 2.05) is 38.1 Å². The van der Waals surface area contributed by atoms with Gasteiger partial charge < -0.3 is 24.3 Å². The highest BCUT2D eigenvalue weighted by Gasteiger charge is 2.17. The largest absolute Gasteiger partial charge is 0.497 e. The molecule has 0 saturated heterocycles. The number of anilines is 1. The zero-order valence-electron chi connectivity index (χ0n) is 19.7. The van der Waals surface area contributed by atoms with Crippen molar-refractivity contribution in [3.63, 3.8) is 0 Å². The van der Waals surface area contributed by atoms with Crippen LogP contribution in [0, 0.1) is 0 Å². The van der Waals surface area contributed by atoms with Crippen LogP contribution < -0.4 is 19.5 Å². The highest BCUT2D eigenvalue weighted by atomic mass is 16.5. The van der Waals surface area contributed by atoms with Crippen LogP contribution in [0.5, 0.6) is 17.2 Å². The Balaban J connectivity index is 1.77. The van der Waals surface area contributed by atoms with E-state index in [1.165, 1.54) is 12.3 Å². The number of ether oxygens (including phenoxy) is 4. The minimum atomic E-state index is -0.471. The number of aromatic nitrogens is 1. The molecule has 1 aromatic heterocycles. The Labute approximate surface area is 198 Å². The topological polar surface area (TPSA) is 96.0 Å². The fourth-order valence-corrected chi connectivity index (χ4v) is 3.05. The number of carbonyl (C=O) groups excluding carboxylic acids is 2. The molecule has 0 aliphatic rings. The van der Waals surface area contributed by atoms with Crippen molar-refractivity contribution in [3.05, 3.63) is 77.5 Å². The second-order valence-electron chi connectivity index (χ2n) is 7.57. The van der Waals surface area contributed by atoms with Gasteiger partial charge >= 0.3 is 5.97 Å². The van der Waals surface area contributed by atoms with Crippen molar-refractivity contribution < 1.29 is 28.5 Å². The fourth-order valence-electron chi connectivity index (χ4n) is 3.05. The molecule has 1 N–H and O–H groups in total. The van der Waals surface area contributed by atoms with Gasteiger partial charge in [0.05, 0.1) is 30.9 Å². The van der Waals surface area contributed by atoms with E-state index in [4.69, 9.17) is 18.9 Å². The smallest absolute Gasteiger partial charge is 0.339 e. The lowest BCUT2D eigenvalue weighted by atomic mass is 10.1. The maximum atomic E-state index is 13.1. The van der Waals surface area contributed by atoms with Gasteiger partial charge in [-0.25, -0.2) is 9.78 Å². The van der Waals surface area contributed by atoms with Gasteiger partial charge in [0.2, 0.25) is 0 Å². The summed E-state index contributed by atoms with van der Waals surface area (Å²) in [6.45, 7) is 6.06. The number of amides is 1. The number of benzene rings is 2. The predicted molar refractivity (Wildman–Crippen MR) is 128 cm³/mol. The van der Waals surface area contributed by atoms with E-state index in [-0.39, 0.29) is 18.5 Å². The van der Waals surface area contributed by atoms with Crippen LogP contribution in [0.3, 0.4) is 0 Å². The van der Waals surface area contributed by atoms with Crippen molar-refractivity contribution in [2.75, 3.05) is 19.0 Å². The number of carbonyl (C=O) groups is 2. The molecule has 1 heterocycles. The standard InChI is InChI=1S/C26H28N2O6/c1-5-32-26(30)19-9-12-24(27-15-19)28-25(29)22-14-21(10-11-23(22)34-17(2)3)33-16-18-7-6-8-20(13-18)31-4/h6-15,17H,5,16H2,1-4H3,(H,27,28,29). The number of nitrogens with zero attached hydrogens (tertiary/aromatic N) is 1. The summed E-state index contributed by atoms with van der Waals surface area (Å²) in [6.07, 6.45) is 1.23. The summed E-state index contributed by atoms with van der Waals surface area (Å²) >= 11 is 0. The van der Waals surface area contributed by atoms with Gasteiger partial charge in [-0.1, -0.05) is 12.1 Å². The number of nitrogens with one attached hydrogen (secondary N) is 1. The molecule has 3 rings (SSSR count). The van der Waals surface area contributed by atoms with Crippen LogP contribution in [-0.2, 0) is 11.3 Å². The van der Waals surface area contributed by atoms with E-state index in [9.17, 15) is 9.59 Å². The second-order valence-corrected chi connectivity index (χ2v) is 7.57. The molecule has 1 amide bonds. The second kappa shape index (κ2) is 11.7. The van der Waals surface area contributed by atoms with Crippen LogP contribution in [0.2, 0.25) is 0 Å². The van der Waals surface area contributed by atoms with Gasteiger partial charge in [-0.3, -0.25) is 4.79 Å². The monoisotopic (exact) mass is 464 g/mol. The van der Waals surface area contributed by atoms with Crippen LogP contribution in [0.1, 0.15) is 47.1 Å². The number of esters is 1. The van der Waals surface area contributed by atoms with Crippen molar-refractivity contribution in [1.82, 2.24) is 4.98 Å². The molecule has 0 aliphatic carbocycles. The molecule has 0 atom stereocenters. The van der Waals surface area contributed by atoms with Crippen LogP contribution in [-0.4, -0.2) is 36.7 Å². The van der Waals surface area contributed by atoms with Gasteiger partial charge in [-0.2, -0.15) is 0 Å². The number of hydrogen-bond acceptors (Lipinski definition) is 7. The summed E-state index contributed by atoms with van der Waals surface area (Å²) < 4.78 is 21.9. The maximum absolute atomic E-state index is 13.1. The van der Waals surface area contributed by atoms with Crippen LogP contribution in [0.15, 0.2) is 60.8 Å². The van der Waals surface area contributed by atoms with E-state index in [2.05, 4.69) is 10.3 Å². The molecule has 8 nitrogen and oxygen atoms in total. The first kappa shape index (κ1) is 24.6. The Bertz CT molecular complexity index is 1130. The molecule has 0 fully saturated rings. The van der Waals surface area contributed by atoms with E-state index in [0.29, 0.717) is 29.2 Å². The molecule has 2 aromatic carbocycles. The zero-order chi connectivity index (χ0) is 24.5. The van der Waals surface area contributed by atoms with Gasteiger partial charge in [0.25, 0.3) is 5.91 Å². The number of pyridine rings is 1. The zero-order valence-corrected chi connectivity index (χ0v) is 19.7. The molecule has 34 heavy (non-hydrogen) atoms. The van der Waals surface area contributed by atoms with Crippen molar-refractivity contribution in [2.45, 2.75) is 33.5 Å². The first-order valence-corrected chi connectivity index (χ1v) is 10.9. The van der Waals surface area contributed by atoms with E-state index in [1.54, 1.807) is 38.3 Å². The molecule has 0 spiro atoms. The average Bonchev–Trinajstić information content (AvgIpc) is 2.83. The number of rotatable bonds is 10. The molecular formula is C26H28N2O6. The van der Waals surface area contributed by atoms with E-state index in [0.717, 1.165) is 11.3 Å². The Morgan fingerprint density at radius 1 is 1.03 bits per heavy atom. The minimum absolute atomic E-state index is 0.128. The summed E-state index contributed by atoms with van der Waals surface area (Å²) in [7, 11) is 1.61. The first-order valence-electron chi connectivity index (χ1n) is 10.9. The fraction of sp³-hybridized carbons (Fsp3) is 0.269. The number of hydrogen-bond donors (Lipinski definition) is 1. The molecule has 8 heteroatoms. The molecule has 0 bridgehead atoms. The highest BCUT2D eigenvalue weighted by Crippen LogP contribution is 2.27.